The van der Waals surface area contributed by atoms with E-state index >= 15 is 0 Å². The summed E-state index contributed by atoms with van der Waals surface area (Å²) >= 11 is 7.17. The molecule has 0 aliphatic rings. The van der Waals surface area contributed by atoms with Crippen molar-refractivity contribution < 1.29 is 26.3 Å². The van der Waals surface area contributed by atoms with E-state index in [1.807, 2.05) is 30.3 Å². The minimum atomic E-state index is -4.52. The van der Waals surface area contributed by atoms with Crippen LogP contribution in [0.3, 0.4) is 0 Å². The van der Waals surface area contributed by atoms with Gasteiger partial charge in [-0.3, -0.25) is 0 Å². The van der Waals surface area contributed by atoms with Crippen LogP contribution in [0.4, 0.5) is 13.2 Å². The van der Waals surface area contributed by atoms with Gasteiger partial charge in [-0.25, -0.2) is 8.42 Å². The van der Waals surface area contributed by atoms with E-state index in [-0.39, 0.29) is 27.2 Å². The molecule has 0 saturated carbocycles. The van der Waals surface area contributed by atoms with Crippen molar-refractivity contribution in [2.75, 3.05) is 6.26 Å². The van der Waals surface area contributed by atoms with E-state index in [0.717, 1.165) is 35.7 Å². The Hall–Kier alpha value is -2.16. The largest absolute Gasteiger partial charge is 0.488 e. The lowest BCUT2D eigenvalue weighted by atomic mass is 10.2. The van der Waals surface area contributed by atoms with E-state index < -0.39 is 21.6 Å². The molecule has 0 amide bonds. The normalized spacial score (nSPS) is 12.0. The predicted molar refractivity (Wildman–Crippen MR) is 111 cm³/mol. The first kappa shape index (κ1) is 22.5. The topological polar surface area (TPSA) is 43.4 Å². The zero-order valence-electron chi connectivity index (χ0n) is 15.6. The monoisotopic (exact) mass is 472 g/mol. The van der Waals surface area contributed by atoms with Gasteiger partial charge in [0.1, 0.15) is 12.4 Å². The Morgan fingerprint density at radius 2 is 1.67 bits per heavy atom. The molecule has 3 rings (SSSR count). The molecule has 158 valence electrons. The van der Waals surface area contributed by atoms with Crippen molar-refractivity contribution in [3.63, 3.8) is 0 Å². The first-order valence-corrected chi connectivity index (χ1v) is 11.7. The summed E-state index contributed by atoms with van der Waals surface area (Å²) in [5.41, 5.74) is 0.0461. The van der Waals surface area contributed by atoms with E-state index in [0.29, 0.717) is 4.90 Å². The Morgan fingerprint density at radius 1 is 0.967 bits per heavy atom. The van der Waals surface area contributed by atoms with E-state index in [9.17, 15) is 21.6 Å². The smallest absolute Gasteiger partial charge is 0.416 e. The Balaban J connectivity index is 1.94. The molecule has 3 aromatic rings. The summed E-state index contributed by atoms with van der Waals surface area (Å²) < 4.78 is 68.7. The van der Waals surface area contributed by atoms with Crippen LogP contribution in [0.25, 0.3) is 0 Å². The van der Waals surface area contributed by atoms with Crippen molar-refractivity contribution in [3.05, 3.63) is 82.9 Å². The first-order chi connectivity index (χ1) is 14.0. The van der Waals surface area contributed by atoms with Gasteiger partial charge in [0.2, 0.25) is 0 Å². The number of ether oxygens (including phenoxy) is 1. The second-order valence-electron chi connectivity index (χ2n) is 6.40. The van der Waals surface area contributed by atoms with Crippen molar-refractivity contribution in [2.45, 2.75) is 27.5 Å². The molecule has 0 heterocycles. The minimum absolute atomic E-state index is 0.0291. The standard InChI is InChI=1S/C21H16ClF3O3S2/c1-30(26,27)16-8-10-19(17(22)12-16)29-20-11-15(21(23,24)25)7-9-18(20)28-13-14-5-3-2-4-6-14/h2-12H,13H2,1H3. The van der Waals surface area contributed by atoms with Crippen LogP contribution in [-0.2, 0) is 22.6 Å². The van der Waals surface area contributed by atoms with E-state index in [1.165, 1.54) is 24.3 Å². The molecule has 3 nitrogen and oxygen atoms in total. The second kappa shape index (κ2) is 8.91. The van der Waals surface area contributed by atoms with Gasteiger partial charge < -0.3 is 4.74 Å². The van der Waals surface area contributed by atoms with Crippen molar-refractivity contribution in [3.8, 4) is 5.75 Å². The van der Waals surface area contributed by atoms with Gasteiger partial charge in [0.25, 0.3) is 0 Å². The molecule has 0 fully saturated rings. The minimum Gasteiger partial charge on any atom is -0.488 e. The van der Waals surface area contributed by atoms with Crippen molar-refractivity contribution in [1.82, 2.24) is 0 Å². The molecule has 0 aliphatic carbocycles. The van der Waals surface area contributed by atoms with Crippen molar-refractivity contribution in [2.24, 2.45) is 0 Å². The Morgan fingerprint density at radius 3 is 2.27 bits per heavy atom. The third-order valence-electron chi connectivity index (χ3n) is 4.06. The molecule has 3 aromatic carbocycles. The number of halogens is 4. The van der Waals surface area contributed by atoms with Crippen molar-refractivity contribution >= 4 is 33.2 Å². The van der Waals surface area contributed by atoms with Crippen LogP contribution >= 0.6 is 23.4 Å². The Bertz CT molecular complexity index is 1150. The van der Waals surface area contributed by atoms with Crippen LogP contribution in [0.15, 0.2) is 81.4 Å². The average Bonchev–Trinajstić information content (AvgIpc) is 2.67. The maximum atomic E-state index is 13.2. The number of hydrogen-bond acceptors (Lipinski definition) is 4. The van der Waals surface area contributed by atoms with E-state index in [4.69, 9.17) is 16.3 Å². The summed E-state index contributed by atoms with van der Waals surface area (Å²) in [5, 5.41) is 0.120. The molecule has 0 aromatic heterocycles. The van der Waals surface area contributed by atoms with Gasteiger partial charge in [-0.15, -0.1) is 0 Å². The number of alkyl halides is 3. The highest BCUT2D eigenvalue weighted by Gasteiger charge is 2.31. The molecule has 0 spiro atoms. The van der Waals surface area contributed by atoms with Gasteiger partial charge >= 0.3 is 6.18 Å². The SMILES string of the molecule is CS(=O)(=O)c1ccc(Sc2cc(C(F)(F)F)ccc2OCc2ccccc2)c(Cl)c1. The lowest BCUT2D eigenvalue weighted by Crippen LogP contribution is -2.05. The van der Waals surface area contributed by atoms with Gasteiger partial charge in [-0.05, 0) is 42.0 Å². The average molecular weight is 473 g/mol. The number of rotatable bonds is 6. The molecule has 0 bridgehead atoms. The van der Waals surface area contributed by atoms with Gasteiger partial charge in [0, 0.05) is 11.2 Å². The molecule has 0 N–H and O–H groups in total. The molecular weight excluding hydrogens is 457 g/mol. The molecule has 0 radical (unpaired) electrons. The highest BCUT2D eigenvalue weighted by molar-refractivity contribution is 7.99. The third kappa shape index (κ3) is 5.71. The Labute approximate surface area is 181 Å². The summed E-state index contributed by atoms with van der Waals surface area (Å²) in [6.07, 6.45) is -3.47. The van der Waals surface area contributed by atoms with E-state index in [1.54, 1.807) is 0 Å². The van der Waals surface area contributed by atoms with Gasteiger partial charge in [0.15, 0.2) is 9.84 Å². The molecule has 30 heavy (non-hydrogen) atoms. The number of benzene rings is 3. The van der Waals surface area contributed by atoms with Crippen LogP contribution in [0, 0.1) is 0 Å². The zero-order chi connectivity index (χ0) is 21.9. The summed E-state index contributed by atoms with van der Waals surface area (Å²) in [7, 11) is -3.46. The van der Waals surface area contributed by atoms with Crippen LogP contribution in [0.5, 0.6) is 5.75 Å². The summed E-state index contributed by atoms with van der Waals surface area (Å²) in [6.45, 7) is 0.181. The lowest BCUT2D eigenvalue weighted by molar-refractivity contribution is -0.137. The molecule has 0 unspecified atom stereocenters. The molecule has 0 aliphatic heterocycles. The number of hydrogen-bond donors (Lipinski definition) is 0. The zero-order valence-corrected chi connectivity index (χ0v) is 18.0. The second-order valence-corrected chi connectivity index (χ2v) is 9.91. The quantitative estimate of drug-likeness (QED) is 0.411. The maximum Gasteiger partial charge on any atom is 0.416 e. The maximum absolute atomic E-state index is 13.2. The number of sulfone groups is 1. The van der Waals surface area contributed by atoms with Crippen LogP contribution < -0.4 is 4.74 Å². The molecule has 0 atom stereocenters. The Kier molecular flexibility index (Phi) is 6.69. The molecule has 9 heteroatoms. The predicted octanol–water partition coefficient (Wildman–Crippen LogP) is 6.49. The molecular formula is C21H16ClF3O3S2. The van der Waals surface area contributed by atoms with Crippen LogP contribution in [-0.4, -0.2) is 14.7 Å². The fourth-order valence-corrected chi connectivity index (χ4v) is 4.48. The summed E-state index contributed by atoms with van der Waals surface area (Å²) in [5.74, 6) is 0.264. The lowest BCUT2D eigenvalue weighted by Gasteiger charge is -2.15. The van der Waals surface area contributed by atoms with E-state index in [2.05, 4.69) is 0 Å². The highest BCUT2D eigenvalue weighted by atomic mass is 35.5. The third-order valence-corrected chi connectivity index (χ3v) is 6.71. The summed E-state index contributed by atoms with van der Waals surface area (Å²) in [4.78, 5) is 0.657. The van der Waals surface area contributed by atoms with Gasteiger partial charge in [-0.2, -0.15) is 13.2 Å². The van der Waals surface area contributed by atoms with Crippen LogP contribution in [0.1, 0.15) is 11.1 Å². The van der Waals surface area contributed by atoms with Gasteiger partial charge in [0.05, 0.1) is 20.4 Å². The fraction of sp³-hybridized carbons (Fsp3) is 0.143. The molecule has 0 saturated heterocycles. The first-order valence-electron chi connectivity index (χ1n) is 8.59. The van der Waals surface area contributed by atoms with Crippen LogP contribution in [0.2, 0.25) is 5.02 Å². The van der Waals surface area contributed by atoms with Gasteiger partial charge in [-0.1, -0.05) is 53.7 Å². The fourth-order valence-electron chi connectivity index (χ4n) is 2.53. The summed E-state index contributed by atoms with van der Waals surface area (Å²) in [6, 6.07) is 16.5. The highest BCUT2D eigenvalue weighted by Crippen LogP contribution is 2.42. The van der Waals surface area contributed by atoms with Crippen molar-refractivity contribution in [1.29, 1.82) is 0 Å².